The Balaban J connectivity index is 1.67. The third kappa shape index (κ3) is 2.33. The summed E-state index contributed by atoms with van der Waals surface area (Å²) in [6.07, 6.45) is 12.4. The number of rotatable bonds is 4. The van der Waals surface area contributed by atoms with E-state index in [4.69, 9.17) is 0 Å². The molecule has 3 heteroatoms. The third-order valence-corrected chi connectivity index (χ3v) is 4.54. The summed E-state index contributed by atoms with van der Waals surface area (Å²) in [6.45, 7) is 3.41. The molecular formula is C15H25N3. The van der Waals surface area contributed by atoms with Gasteiger partial charge in [0, 0.05) is 17.8 Å². The number of imidazole rings is 1. The summed E-state index contributed by atoms with van der Waals surface area (Å²) >= 11 is 0. The lowest BCUT2D eigenvalue weighted by Gasteiger charge is -2.19. The minimum absolute atomic E-state index is 0.703. The average molecular weight is 247 g/mol. The van der Waals surface area contributed by atoms with Crippen molar-refractivity contribution >= 4 is 0 Å². The topological polar surface area (TPSA) is 29.9 Å². The predicted octanol–water partition coefficient (Wildman–Crippen LogP) is 2.86. The molecular weight excluding hydrogens is 222 g/mol. The van der Waals surface area contributed by atoms with Gasteiger partial charge in [0.1, 0.15) is 0 Å². The van der Waals surface area contributed by atoms with Crippen molar-refractivity contribution < 1.29 is 0 Å². The maximum Gasteiger partial charge on any atom is 0.0954 e. The van der Waals surface area contributed by atoms with Crippen LogP contribution in [0.1, 0.15) is 62.9 Å². The van der Waals surface area contributed by atoms with E-state index in [-0.39, 0.29) is 0 Å². The maximum absolute atomic E-state index is 4.63. The highest BCUT2D eigenvalue weighted by Crippen LogP contribution is 2.33. The molecule has 2 aliphatic carbocycles. The fraction of sp³-hybridized carbons (Fsp3) is 0.800. The third-order valence-electron chi connectivity index (χ3n) is 4.54. The Morgan fingerprint density at radius 1 is 1.33 bits per heavy atom. The van der Waals surface area contributed by atoms with E-state index in [0.29, 0.717) is 6.04 Å². The first-order valence-electron chi connectivity index (χ1n) is 7.66. The number of nitrogens with zero attached hydrogens (tertiary/aromatic N) is 2. The van der Waals surface area contributed by atoms with Gasteiger partial charge >= 0.3 is 0 Å². The van der Waals surface area contributed by atoms with E-state index in [9.17, 15) is 0 Å². The Morgan fingerprint density at radius 2 is 2.22 bits per heavy atom. The lowest BCUT2D eigenvalue weighted by molar-refractivity contribution is 0.458. The van der Waals surface area contributed by atoms with Gasteiger partial charge in [-0.05, 0) is 57.9 Å². The first-order valence-corrected chi connectivity index (χ1v) is 7.66. The molecule has 1 heterocycles. The van der Waals surface area contributed by atoms with Gasteiger partial charge in [0.2, 0.25) is 0 Å². The Kier molecular flexibility index (Phi) is 3.69. The van der Waals surface area contributed by atoms with Crippen molar-refractivity contribution in [2.24, 2.45) is 0 Å². The number of nitrogens with one attached hydrogen (secondary N) is 1. The Morgan fingerprint density at radius 3 is 3.11 bits per heavy atom. The van der Waals surface area contributed by atoms with Gasteiger partial charge in [-0.25, -0.2) is 4.98 Å². The van der Waals surface area contributed by atoms with Crippen molar-refractivity contribution in [3.63, 3.8) is 0 Å². The van der Waals surface area contributed by atoms with E-state index in [0.717, 1.165) is 6.04 Å². The molecule has 1 N–H and O–H groups in total. The van der Waals surface area contributed by atoms with E-state index in [2.05, 4.69) is 28.1 Å². The highest BCUT2D eigenvalue weighted by molar-refractivity contribution is 5.17. The molecule has 3 rings (SSSR count). The summed E-state index contributed by atoms with van der Waals surface area (Å²) in [5, 5.41) is 3.67. The van der Waals surface area contributed by atoms with Crippen molar-refractivity contribution in [2.75, 3.05) is 6.54 Å². The monoisotopic (exact) mass is 247 g/mol. The number of hydrogen-bond acceptors (Lipinski definition) is 2. The Bertz CT molecular complexity index is 396. The molecule has 1 aromatic heterocycles. The fourth-order valence-corrected chi connectivity index (χ4v) is 3.55. The maximum atomic E-state index is 4.63. The van der Waals surface area contributed by atoms with Crippen LogP contribution in [-0.2, 0) is 12.8 Å². The molecule has 0 aromatic carbocycles. The molecule has 1 aromatic rings. The Labute approximate surface area is 110 Å². The van der Waals surface area contributed by atoms with Crippen LogP contribution in [0.3, 0.4) is 0 Å². The molecule has 2 unspecified atom stereocenters. The standard InChI is InChI=1S/C15H25N3/c1-2-9-16-12-7-8-13(10-12)18-11-17-14-5-3-4-6-15(14)18/h11-13,16H,2-10H2,1H3. The van der Waals surface area contributed by atoms with E-state index in [1.54, 1.807) is 5.69 Å². The SMILES string of the molecule is CCCNC1CCC(n2cnc3c2CCCC3)C1. The minimum atomic E-state index is 0.703. The molecule has 0 amide bonds. The van der Waals surface area contributed by atoms with E-state index in [1.807, 2.05) is 0 Å². The summed E-state index contributed by atoms with van der Waals surface area (Å²) in [6, 6.07) is 1.44. The normalized spacial score (nSPS) is 27.4. The van der Waals surface area contributed by atoms with Gasteiger partial charge in [0.25, 0.3) is 0 Å². The molecule has 0 saturated heterocycles. The van der Waals surface area contributed by atoms with Gasteiger partial charge in [0.15, 0.2) is 0 Å². The van der Waals surface area contributed by atoms with Crippen LogP contribution in [0.5, 0.6) is 0 Å². The predicted molar refractivity (Wildman–Crippen MR) is 73.8 cm³/mol. The fourth-order valence-electron chi connectivity index (χ4n) is 3.55. The zero-order valence-corrected chi connectivity index (χ0v) is 11.5. The largest absolute Gasteiger partial charge is 0.331 e. The van der Waals surface area contributed by atoms with Gasteiger partial charge in [-0.1, -0.05) is 6.92 Å². The molecule has 0 aliphatic heterocycles. The summed E-state index contributed by atoms with van der Waals surface area (Å²) in [7, 11) is 0. The van der Waals surface area contributed by atoms with Crippen LogP contribution in [0.4, 0.5) is 0 Å². The molecule has 0 radical (unpaired) electrons. The second kappa shape index (κ2) is 5.43. The molecule has 0 spiro atoms. The summed E-state index contributed by atoms with van der Waals surface area (Å²) in [5.74, 6) is 0. The van der Waals surface area contributed by atoms with E-state index >= 15 is 0 Å². The average Bonchev–Trinajstić information content (AvgIpc) is 3.02. The number of aryl methyl sites for hydroxylation is 1. The van der Waals surface area contributed by atoms with Crippen molar-refractivity contribution in [3.8, 4) is 0 Å². The molecule has 1 saturated carbocycles. The minimum Gasteiger partial charge on any atom is -0.331 e. The molecule has 100 valence electrons. The molecule has 18 heavy (non-hydrogen) atoms. The Hall–Kier alpha value is -0.830. The molecule has 2 atom stereocenters. The van der Waals surface area contributed by atoms with Gasteiger partial charge in [-0.2, -0.15) is 0 Å². The highest BCUT2D eigenvalue weighted by atomic mass is 15.1. The smallest absolute Gasteiger partial charge is 0.0954 e. The zero-order chi connectivity index (χ0) is 12.4. The van der Waals surface area contributed by atoms with Gasteiger partial charge in [0.05, 0.1) is 12.0 Å². The van der Waals surface area contributed by atoms with Crippen LogP contribution in [0.25, 0.3) is 0 Å². The number of hydrogen-bond donors (Lipinski definition) is 1. The second-order valence-corrected chi connectivity index (χ2v) is 5.87. The van der Waals surface area contributed by atoms with E-state index < -0.39 is 0 Å². The number of fused-ring (bicyclic) bond motifs is 1. The highest BCUT2D eigenvalue weighted by Gasteiger charge is 2.28. The van der Waals surface area contributed by atoms with Crippen LogP contribution in [0.15, 0.2) is 6.33 Å². The van der Waals surface area contributed by atoms with Gasteiger partial charge in [-0.15, -0.1) is 0 Å². The lowest BCUT2D eigenvalue weighted by atomic mass is 10.0. The van der Waals surface area contributed by atoms with Crippen molar-refractivity contribution in [2.45, 2.75) is 70.4 Å². The molecule has 1 fully saturated rings. The van der Waals surface area contributed by atoms with Crippen molar-refractivity contribution in [3.05, 3.63) is 17.7 Å². The first-order chi connectivity index (χ1) is 8.88. The summed E-state index contributed by atoms with van der Waals surface area (Å²) < 4.78 is 2.50. The second-order valence-electron chi connectivity index (χ2n) is 5.87. The van der Waals surface area contributed by atoms with Crippen LogP contribution >= 0.6 is 0 Å². The van der Waals surface area contributed by atoms with Crippen molar-refractivity contribution in [1.82, 2.24) is 14.9 Å². The van der Waals surface area contributed by atoms with Crippen LogP contribution in [-0.4, -0.2) is 22.1 Å². The summed E-state index contributed by atoms with van der Waals surface area (Å²) in [4.78, 5) is 4.63. The van der Waals surface area contributed by atoms with Crippen LogP contribution in [0, 0.1) is 0 Å². The lowest BCUT2D eigenvalue weighted by Crippen LogP contribution is -2.27. The van der Waals surface area contributed by atoms with Crippen LogP contribution < -0.4 is 5.32 Å². The van der Waals surface area contributed by atoms with Crippen LogP contribution in [0.2, 0.25) is 0 Å². The zero-order valence-electron chi connectivity index (χ0n) is 11.5. The number of aromatic nitrogens is 2. The van der Waals surface area contributed by atoms with Gasteiger partial charge < -0.3 is 9.88 Å². The van der Waals surface area contributed by atoms with Crippen molar-refractivity contribution in [1.29, 1.82) is 0 Å². The molecule has 0 bridgehead atoms. The van der Waals surface area contributed by atoms with E-state index in [1.165, 1.54) is 63.6 Å². The first kappa shape index (κ1) is 12.2. The van der Waals surface area contributed by atoms with Gasteiger partial charge in [-0.3, -0.25) is 0 Å². The molecule has 2 aliphatic rings. The molecule has 3 nitrogen and oxygen atoms in total. The quantitative estimate of drug-likeness (QED) is 0.886. The summed E-state index contributed by atoms with van der Waals surface area (Å²) in [5.41, 5.74) is 2.92.